The maximum Gasteiger partial charge on any atom is 0.274 e. The van der Waals surface area contributed by atoms with Crippen LogP contribution in [0.3, 0.4) is 0 Å². The first-order chi connectivity index (χ1) is 15.0. The minimum atomic E-state index is -0.690. The van der Waals surface area contributed by atoms with E-state index in [1.807, 2.05) is 0 Å². The summed E-state index contributed by atoms with van der Waals surface area (Å²) in [5, 5.41) is 14.7. The second kappa shape index (κ2) is 7.21. The van der Waals surface area contributed by atoms with E-state index in [9.17, 15) is 9.59 Å². The monoisotopic (exact) mass is 418 g/mol. The van der Waals surface area contributed by atoms with Crippen LogP contribution < -0.4 is 16.4 Å². The maximum absolute atomic E-state index is 12.9. The zero-order chi connectivity index (χ0) is 21.6. The summed E-state index contributed by atoms with van der Waals surface area (Å²) < 4.78 is 3.21. The smallest absolute Gasteiger partial charge is 0.274 e. The Morgan fingerprint density at radius 2 is 2.06 bits per heavy atom. The van der Waals surface area contributed by atoms with Crippen molar-refractivity contribution in [1.29, 1.82) is 0 Å². The van der Waals surface area contributed by atoms with Crippen LogP contribution in [0.1, 0.15) is 52.7 Å². The third-order valence-corrected chi connectivity index (χ3v) is 6.44. The third kappa shape index (κ3) is 3.33. The van der Waals surface area contributed by atoms with E-state index in [4.69, 9.17) is 12.3 Å². The van der Waals surface area contributed by atoms with E-state index < -0.39 is 11.8 Å². The molecule has 0 unspecified atom stereocenters. The summed E-state index contributed by atoms with van der Waals surface area (Å²) in [4.78, 5) is 28.2. The van der Waals surface area contributed by atoms with Crippen LogP contribution in [0.15, 0.2) is 30.6 Å². The predicted octanol–water partition coefficient (Wildman–Crippen LogP) is 2.14. The molecule has 31 heavy (non-hydrogen) atoms. The molecule has 3 aromatic rings. The molecule has 0 radical (unpaired) electrons. The molecule has 4 heterocycles. The molecule has 0 atom stereocenters. The van der Waals surface area contributed by atoms with E-state index in [1.54, 1.807) is 29.1 Å². The lowest BCUT2D eigenvalue weighted by molar-refractivity contribution is 0.0229. The molecule has 4 N–H and O–H groups in total. The number of rotatable bonds is 4. The van der Waals surface area contributed by atoms with Crippen LogP contribution in [0.5, 0.6) is 0 Å². The molecule has 5 rings (SSSR count). The van der Waals surface area contributed by atoms with Crippen LogP contribution in [0.2, 0.25) is 0 Å². The number of amides is 2. The number of anilines is 1. The zero-order valence-corrected chi connectivity index (χ0v) is 16.8. The molecule has 1 saturated carbocycles. The van der Waals surface area contributed by atoms with E-state index in [2.05, 4.69) is 25.7 Å². The van der Waals surface area contributed by atoms with Crippen molar-refractivity contribution in [2.24, 2.45) is 11.1 Å². The van der Waals surface area contributed by atoms with E-state index in [-0.39, 0.29) is 23.1 Å². The SMILES string of the molecule is [C-]#[N+]c1cnn2c(C(=O)Nc3cn(C4CC5(CCNCC5)C4)nc3C(N)=O)ccc2c1. The van der Waals surface area contributed by atoms with Crippen LogP contribution in [0.4, 0.5) is 11.4 Å². The predicted molar refractivity (Wildman–Crippen MR) is 113 cm³/mol. The molecule has 1 spiro atoms. The van der Waals surface area contributed by atoms with Gasteiger partial charge >= 0.3 is 0 Å². The molecule has 1 aliphatic heterocycles. The molecule has 0 aromatic carbocycles. The average Bonchev–Trinajstić information content (AvgIpc) is 3.36. The third-order valence-electron chi connectivity index (χ3n) is 6.44. The lowest BCUT2D eigenvalue weighted by atomic mass is 9.60. The summed E-state index contributed by atoms with van der Waals surface area (Å²) in [7, 11) is 0. The molecule has 2 fully saturated rings. The molecule has 10 nitrogen and oxygen atoms in total. The topological polar surface area (TPSA) is 124 Å². The first kappa shape index (κ1) is 19.3. The van der Waals surface area contributed by atoms with Gasteiger partial charge < -0.3 is 16.4 Å². The quantitative estimate of drug-likeness (QED) is 0.560. The fourth-order valence-corrected chi connectivity index (χ4v) is 4.75. The van der Waals surface area contributed by atoms with Gasteiger partial charge in [0.25, 0.3) is 11.8 Å². The van der Waals surface area contributed by atoms with E-state index in [0.29, 0.717) is 16.6 Å². The number of hydrogen-bond donors (Lipinski definition) is 3. The Labute approximate surface area is 178 Å². The Morgan fingerprint density at radius 3 is 2.77 bits per heavy atom. The number of hydrogen-bond acceptors (Lipinski definition) is 5. The number of nitrogens with two attached hydrogens (primary N) is 1. The highest BCUT2D eigenvalue weighted by Crippen LogP contribution is 2.53. The molecule has 1 saturated heterocycles. The Balaban J connectivity index is 1.37. The van der Waals surface area contributed by atoms with Crippen LogP contribution in [0, 0.1) is 12.0 Å². The van der Waals surface area contributed by atoms with Gasteiger partial charge in [-0.15, -0.1) is 0 Å². The summed E-state index contributed by atoms with van der Waals surface area (Å²) in [6.45, 7) is 9.16. The van der Waals surface area contributed by atoms with Crippen molar-refractivity contribution in [3.8, 4) is 0 Å². The van der Waals surface area contributed by atoms with Gasteiger partial charge in [-0.25, -0.2) is 9.36 Å². The molecule has 2 amide bonds. The van der Waals surface area contributed by atoms with Gasteiger partial charge in [-0.2, -0.15) is 10.2 Å². The van der Waals surface area contributed by atoms with Crippen molar-refractivity contribution in [1.82, 2.24) is 24.7 Å². The van der Waals surface area contributed by atoms with Crippen LogP contribution in [-0.2, 0) is 0 Å². The number of fused-ring (bicyclic) bond motifs is 1. The lowest BCUT2D eigenvalue weighted by Crippen LogP contribution is -2.46. The Bertz CT molecular complexity index is 1220. The lowest BCUT2D eigenvalue weighted by Gasteiger charge is -2.50. The van der Waals surface area contributed by atoms with Crippen molar-refractivity contribution in [2.75, 3.05) is 18.4 Å². The number of nitrogens with zero attached hydrogens (tertiary/aromatic N) is 5. The van der Waals surface area contributed by atoms with Gasteiger partial charge in [0, 0.05) is 6.20 Å². The zero-order valence-electron chi connectivity index (χ0n) is 16.8. The van der Waals surface area contributed by atoms with Crippen molar-refractivity contribution >= 4 is 28.7 Å². The number of primary amides is 1. The fourth-order valence-electron chi connectivity index (χ4n) is 4.75. The number of carbonyl (C=O) groups excluding carboxylic acids is 2. The van der Waals surface area contributed by atoms with Gasteiger partial charge in [0.1, 0.15) is 5.69 Å². The van der Waals surface area contributed by atoms with Gasteiger partial charge in [-0.3, -0.25) is 14.3 Å². The van der Waals surface area contributed by atoms with Gasteiger partial charge in [0.15, 0.2) is 5.69 Å². The molecular weight excluding hydrogens is 396 g/mol. The highest BCUT2D eigenvalue weighted by atomic mass is 16.2. The summed E-state index contributed by atoms with van der Waals surface area (Å²) >= 11 is 0. The molecule has 1 aliphatic carbocycles. The maximum atomic E-state index is 12.9. The average molecular weight is 418 g/mol. The number of nitrogens with one attached hydrogen (secondary N) is 2. The summed E-state index contributed by atoms with van der Waals surface area (Å²) in [5.41, 5.74) is 7.52. The van der Waals surface area contributed by atoms with Crippen molar-refractivity contribution < 1.29 is 9.59 Å². The Hall–Kier alpha value is -3.71. The minimum absolute atomic E-state index is 0.0451. The second-order valence-electron chi connectivity index (χ2n) is 8.38. The summed E-state index contributed by atoms with van der Waals surface area (Å²) in [6.07, 6.45) is 7.42. The van der Waals surface area contributed by atoms with Crippen LogP contribution in [-0.4, -0.2) is 44.3 Å². The number of piperidine rings is 1. The van der Waals surface area contributed by atoms with Gasteiger partial charge in [0.05, 0.1) is 30.0 Å². The van der Waals surface area contributed by atoms with E-state index in [0.717, 1.165) is 38.8 Å². The van der Waals surface area contributed by atoms with Gasteiger partial charge in [-0.05, 0) is 62.4 Å². The Kier molecular flexibility index (Phi) is 4.48. The van der Waals surface area contributed by atoms with Crippen LogP contribution in [0.25, 0.3) is 10.4 Å². The highest BCUT2D eigenvalue weighted by molar-refractivity contribution is 6.07. The fraction of sp³-hybridized carbons (Fsp3) is 0.381. The largest absolute Gasteiger partial charge is 0.364 e. The van der Waals surface area contributed by atoms with Crippen LogP contribution >= 0.6 is 0 Å². The molecule has 0 bridgehead atoms. The van der Waals surface area contributed by atoms with E-state index in [1.165, 1.54) is 10.7 Å². The van der Waals surface area contributed by atoms with Gasteiger partial charge in [0.2, 0.25) is 5.69 Å². The summed E-state index contributed by atoms with van der Waals surface area (Å²) in [6, 6.07) is 5.18. The van der Waals surface area contributed by atoms with Crippen molar-refractivity contribution in [3.05, 3.63) is 53.4 Å². The molecule has 158 valence electrons. The van der Waals surface area contributed by atoms with Crippen molar-refractivity contribution in [3.63, 3.8) is 0 Å². The number of carbonyl (C=O) groups is 2. The van der Waals surface area contributed by atoms with Crippen molar-refractivity contribution in [2.45, 2.75) is 31.7 Å². The first-order valence-corrected chi connectivity index (χ1v) is 10.2. The molecule has 3 aromatic heterocycles. The van der Waals surface area contributed by atoms with E-state index >= 15 is 0 Å². The molecule has 10 heteroatoms. The first-order valence-electron chi connectivity index (χ1n) is 10.2. The molecule has 2 aliphatic rings. The van der Waals surface area contributed by atoms with Gasteiger partial charge in [-0.1, -0.05) is 0 Å². The molecular formula is C21H22N8O2. The summed E-state index contributed by atoms with van der Waals surface area (Å²) in [5.74, 6) is -1.13. The highest BCUT2D eigenvalue weighted by Gasteiger charge is 2.45. The second-order valence-corrected chi connectivity index (χ2v) is 8.38. The number of aromatic nitrogens is 4. The normalized spacial score (nSPS) is 17.9. The Morgan fingerprint density at radius 1 is 1.29 bits per heavy atom. The standard InChI is InChI=1S/C21H22N8O2/c1-23-13-8-14-2-3-17(29(14)25-11-13)20(31)26-16-12-28(27-18(16)19(22)30)15-9-21(10-15)4-6-24-7-5-21/h2-3,8,11-12,15,24H,4-7,9-10H2,(H2,22,30)(H,26,31). The minimum Gasteiger partial charge on any atom is -0.364 e.